The van der Waals surface area contributed by atoms with Gasteiger partial charge in [0.2, 0.25) is 0 Å². The summed E-state index contributed by atoms with van der Waals surface area (Å²) >= 11 is 0. The fourth-order valence-electron chi connectivity index (χ4n) is 2.99. The summed E-state index contributed by atoms with van der Waals surface area (Å²) in [5.74, 6) is 0.942. The number of para-hydroxylation sites is 1. The van der Waals surface area contributed by atoms with Crippen molar-refractivity contribution in [3.05, 3.63) is 29.8 Å². The Bertz CT molecular complexity index is 415. The highest BCUT2D eigenvalue weighted by Gasteiger charge is 2.29. The van der Waals surface area contributed by atoms with Crippen molar-refractivity contribution in [2.45, 2.75) is 39.0 Å². The molecule has 0 aliphatic carbocycles. The molecule has 112 valence electrons. The summed E-state index contributed by atoms with van der Waals surface area (Å²) in [7, 11) is 0. The van der Waals surface area contributed by atoms with E-state index in [0.717, 1.165) is 18.8 Å². The number of rotatable bonds is 5. The lowest BCUT2D eigenvalue weighted by Crippen LogP contribution is -2.48. The normalized spacial score (nSPS) is 25.4. The Morgan fingerprint density at radius 3 is 2.55 bits per heavy atom. The van der Waals surface area contributed by atoms with Crippen LogP contribution in [0.1, 0.15) is 32.4 Å². The lowest BCUT2D eigenvalue weighted by Gasteiger charge is -2.40. The average Bonchev–Trinajstić information content (AvgIpc) is 2.41. The first-order valence-corrected chi connectivity index (χ1v) is 7.47. The number of benzene rings is 1. The SMILES string of the molecule is CCOc1ccccc1[C@@H](CN)N1C[C@H](C)O[C@@H](C)C1. The molecule has 2 rings (SSSR count). The minimum atomic E-state index is 0.187. The van der Waals surface area contributed by atoms with Crippen molar-refractivity contribution < 1.29 is 9.47 Å². The molecule has 4 heteroatoms. The number of hydrogen-bond donors (Lipinski definition) is 1. The monoisotopic (exact) mass is 278 g/mol. The van der Waals surface area contributed by atoms with Crippen LogP contribution in [-0.2, 0) is 4.74 Å². The lowest BCUT2D eigenvalue weighted by molar-refractivity contribution is -0.0801. The van der Waals surface area contributed by atoms with Crippen molar-refractivity contribution in [2.24, 2.45) is 5.73 Å². The third kappa shape index (κ3) is 3.51. The number of nitrogens with two attached hydrogens (primary N) is 1. The molecular formula is C16H26N2O2. The van der Waals surface area contributed by atoms with E-state index in [1.165, 1.54) is 5.56 Å². The predicted octanol–water partition coefficient (Wildman–Crippen LogP) is 2.19. The zero-order valence-corrected chi connectivity index (χ0v) is 12.7. The standard InChI is InChI=1S/C16H26N2O2/c1-4-19-16-8-6-5-7-14(16)15(9-17)18-10-12(2)20-13(3)11-18/h5-8,12-13,15H,4,9-11,17H2,1-3H3/t12-,13-,15+/m0/s1. The molecule has 1 aliphatic heterocycles. The largest absolute Gasteiger partial charge is 0.494 e. The van der Waals surface area contributed by atoms with Crippen LogP contribution in [0.15, 0.2) is 24.3 Å². The van der Waals surface area contributed by atoms with Crippen molar-refractivity contribution in [2.75, 3.05) is 26.2 Å². The van der Waals surface area contributed by atoms with Crippen LogP contribution in [-0.4, -0.2) is 43.3 Å². The number of nitrogens with zero attached hydrogens (tertiary/aromatic N) is 1. The minimum Gasteiger partial charge on any atom is -0.494 e. The van der Waals surface area contributed by atoms with Gasteiger partial charge in [0, 0.05) is 25.2 Å². The molecule has 0 unspecified atom stereocenters. The molecule has 1 aromatic rings. The van der Waals surface area contributed by atoms with Gasteiger partial charge in [0.05, 0.1) is 24.9 Å². The van der Waals surface area contributed by atoms with Crippen LogP contribution in [0.3, 0.4) is 0 Å². The van der Waals surface area contributed by atoms with E-state index in [2.05, 4.69) is 24.8 Å². The number of ether oxygens (including phenoxy) is 2. The maximum absolute atomic E-state index is 6.05. The second-order valence-electron chi connectivity index (χ2n) is 5.43. The summed E-state index contributed by atoms with van der Waals surface area (Å²) in [6, 6.07) is 8.38. The second kappa shape index (κ2) is 7.07. The summed E-state index contributed by atoms with van der Waals surface area (Å²) < 4.78 is 11.6. The van der Waals surface area contributed by atoms with Crippen LogP contribution in [0.5, 0.6) is 5.75 Å². The van der Waals surface area contributed by atoms with Gasteiger partial charge in [-0.1, -0.05) is 18.2 Å². The summed E-state index contributed by atoms with van der Waals surface area (Å²) in [6.07, 6.45) is 0.485. The van der Waals surface area contributed by atoms with Gasteiger partial charge in [0.25, 0.3) is 0 Å². The van der Waals surface area contributed by atoms with Crippen LogP contribution in [0.2, 0.25) is 0 Å². The molecule has 20 heavy (non-hydrogen) atoms. The van der Waals surface area contributed by atoms with Crippen LogP contribution in [0.25, 0.3) is 0 Å². The fourth-order valence-corrected chi connectivity index (χ4v) is 2.99. The van der Waals surface area contributed by atoms with Gasteiger partial charge in [-0.15, -0.1) is 0 Å². The Balaban J connectivity index is 2.23. The summed E-state index contributed by atoms with van der Waals surface area (Å²) in [5, 5.41) is 0. The van der Waals surface area contributed by atoms with Gasteiger partial charge < -0.3 is 15.2 Å². The van der Waals surface area contributed by atoms with Crippen molar-refractivity contribution in [3.8, 4) is 5.75 Å². The molecule has 0 spiro atoms. The molecule has 3 atom stereocenters. The number of morpholine rings is 1. The van der Waals surface area contributed by atoms with Crippen LogP contribution in [0.4, 0.5) is 0 Å². The smallest absolute Gasteiger partial charge is 0.124 e. The van der Waals surface area contributed by atoms with E-state index in [9.17, 15) is 0 Å². The Morgan fingerprint density at radius 1 is 1.30 bits per heavy atom. The maximum atomic E-state index is 6.05. The zero-order valence-electron chi connectivity index (χ0n) is 12.7. The topological polar surface area (TPSA) is 47.7 Å². The van der Waals surface area contributed by atoms with Crippen molar-refractivity contribution >= 4 is 0 Å². The molecule has 0 saturated carbocycles. The predicted molar refractivity (Wildman–Crippen MR) is 81.0 cm³/mol. The van der Waals surface area contributed by atoms with E-state index < -0.39 is 0 Å². The van der Waals surface area contributed by atoms with Crippen LogP contribution < -0.4 is 10.5 Å². The highest BCUT2D eigenvalue weighted by atomic mass is 16.5. The first-order chi connectivity index (χ1) is 9.65. The minimum absolute atomic E-state index is 0.187. The first kappa shape index (κ1) is 15.3. The Morgan fingerprint density at radius 2 is 1.95 bits per heavy atom. The molecule has 0 radical (unpaired) electrons. The van der Waals surface area contributed by atoms with E-state index >= 15 is 0 Å². The van der Waals surface area contributed by atoms with Gasteiger partial charge in [-0.25, -0.2) is 0 Å². The van der Waals surface area contributed by atoms with Gasteiger partial charge in [-0.3, -0.25) is 4.90 Å². The molecular weight excluding hydrogens is 252 g/mol. The van der Waals surface area contributed by atoms with Gasteiger partial charge >= 0.3 is 0 Å². The molecule has 0 aromatic heterocycles. The van der Waals surface area contributed by atoms with E-state index in [4.69, 9.17) is 15.2 Å². The molecule has 1 heterocycles. The summed E-state index contributed by atoms with van der Waals surface area (Å²) in [5.41, 5.74) is 7.23. The van der Waals surface area contributed by atoms with Gasteiger partial charge in [0.1, 0.15) is 5.75 Å². The third-order valence-electron chi connectivity index (χ3n) is 3.69. The Hall–Kier alpha value is -1.10. The van der Waals surface area contributed by atoms with E-state index in [1.807, 2.05) is 25.1 Å². The maximum Gasteiger partial charge on any atom is 0.124 e. The highest BCUT2D eigenvalue weighted by molar-refractivity contribution is 5.36. The molecule has 0 bridgehead atoms. The molecule has 1 aromatic carbocycles. The molecule has 1 fully saturated rings. The van der Waals surface area contributed by atoms with Gasteiger partial charge in [0.15, 0.2) is 0 Å². The van der Waals surface area contributed by atoms with Crippen molar-refractivity contribution in [1.82, 2.24) is 4.90 Å². The van der Waals surface area contributed by atoms with E-state index in [1.54, 1.807) is 0 Å². The number of hydrogen-bond acceptors (Lipinski definition) is 4. The van der Waals surface area contributed by atoms with Gasteiger partial charge in [-0.2, -0.15) is 0 Å². The van der Waals surface area contributed by atoms with Crippen LogP contribution >= 0.6 is 0 Å². The molecule has 2 N–H and O–H groups in total. The lowest BCUT2D eigenvalue weighted by atomic mass is 10.0. The van der Waals surface area contributed by atoms with Crippen molar-refractivity contribution in [3.63, 3.8) is 0 Å². The van der Waals surface area contributed by atoms with Crippen LogP contribution in [0, 0.1) is 0 Å². The quantitative estimate of drug-likeness (QED) is 0.897. The van der Waals surface area contributed by atoms with Gasteiger partial charge in [-0.05, 0) is 26.8 Å². The average molecular weight is 278 g/mol. The van der Waals surface area contributed by atoms with E-state index in [0.29, 0.717) is 13.2 Å². The van der Waals surface area contributed by atoms with Crippen molar-refractivity contribution in [1.29, 1.82) is 0 Å². The third-order valence-corrected chi connectivity index (χ3v) is 3.69. The summed E-state index contributed by atoms with van der Waals surface area (Å²) in [4.78, 5) is 2.41. The first-order valence-electron chi connectivity index (χ1n) is 7.47. The van der Waals surface area contributed by atoms with E-state index in [-0.39, 0.29) is 18.2 Å². The molecule has 1 saturated heterocycles. The summed E-state index contributed by atoms with van der Waals surface area (Å²) in [6.45, 7) is 9.32. The Labute approximate surface area is 121 Å². The molecule has 0 amide bonds. The molecule has 4 nitrogen and oxygen atoms in total. The molecule has 1 aliphatic rings. The Kier molecular flexibility index (Phi) is 5.40. The second-order valence-corrected chi connectivity index (χ2v) is 5.43. The fraction of sp³-hybridized carbons (Fsp3) is 0.625. The zero-order chi connectivity index (χ0) is 14.5. The highest BCUT2D eigenvalue weighted by Crippen LogP contribution is 2.30.